The first kappa shape index (κ1) is 38.2. The summed E-state index contributed by atoms with van der Waals surface area (Å²) in [6.07, 6.45) is 0. The molecule has 1 aliphatic heterocycles. The number of hydrogen-bond acceptors (Lipinski definition) is 1. The van der Waals surface area contributed by atoms with Gasteiger partial charge in [-0.1, -0.05) is 213 Å². The van der Waals surface area contributed by atoms with Crippen molar-refractivity contribution < 1.29 is 0 Å². The van der Waals surface area contributed by atoms with Crippen LogP contribution in [0.15, 0.2) is 243 Å². The second kappa shape index (κ2) is 15.7. The minimum atomic E-state index is 0.933. The van der Waals surface area contributed by atoms with E-state index >= 15 is 0 Å². The molecule has 304 valence electrons. The summed E-state index contributed by atoms with van der Waals surface area (Å²) in [5.41, 5.74) is 20.8. The first-order valence-corrected chi connectivity index (χ1v) is 22.4. The van der Waals surface area contributed by atoms with Gasteiger partial charge in [0.1, 0.15) is 0 Å². The van der Waals surface area contributed by atoms with E-state index in [1.807, 2.05) is 0 Å². The minimum Gasteiger partial charge on any atom is -0.302 e. The number of allylic oxidation sites excluding steroid dienone is 1. The molecule has 0 aromatic heterocycles. The Balaban J connectivity index is 1.09. The lowest BCUT2D eigenvalue weighted by Gasteiger charge is -2.37. The van der Waals surface area contributed by atoms with Crippen LogP contribution in [0.5, 0.6) is 0 Å². The Morgan fingerprint density at radius 3 is 1.72 bits per heavy atom. The van der Waals surface area contributed by atoms with Crippen molar-refractivity contribution in [3.8, 4) is 44.5 Å². The van der Waals surface area contributed by atoms with Crippen molar-refractivity contribution in [3.63, 3.8) is 0 Å². The van der Waals surface area contributed by atoms with Gasteiger partial charge in [-0.2, -0.15) is 0 Å². The molecule has 0 N–H and O–H groups in total. The quantitative estimate of drug-likeness (QED) is 0.0917. The van der Waals surface area contributed by atoms with Crippen molar-refractivity contribution in [3.05, 3.63) is 260 Å². The van der Waals surface area contributed by atoms with Gasteiger partial charge in [0.25, 0.3) is 0 Å². The van der Waals surface area contributed by atoms with E-state index in [-0.39, 0.29) is 0 Å². The first-order valence-electron chi connectivity index (χ1n) is 22.4. The Kier molecular flexibility index (Phi) is 9.23. The molecule has 11 aromatic carbocycles. The summed E-state index contributed by atoms with van der Waals surface area (Å²) in [7, 11) is 0. The predicted molar refractivity (Wildman–Crippen MR) is 279 cm³/mol. The molecule has 0 bridgehead atoms. The molecule has 0 saturated heterocycles. The fourth-order valence-corrected chi connectivity index (χ4v) is 10.4. The molecule has 0 atom stereocenters. The number of para-hydroxylation sites is 1. The van der Waals surface area contributed by atoms with Gasteiger partial charge in [0.05, 0.1) is 17.1 Å². The van der Waals surface area contributed by atoms with Crippen molar-refractivity contribution in [2.45, 2.75) is 6.92 Å². The Hall–Kier alpha value is -8.48. The Bertz CT molecular complexity index is 3770. The Morgan fingerprint density at radius 1 is 0.369 bits per heavy atom. The van der Waals surface area contributed by atoms with Crippen molar-refractivity contribution >= 4 is 65.7 Å². The van der Waals surface area contributed by atoms with Gasteiger partial charge in [-0.15, -0.1) is 5.73 Å². The van der Waals surface area contributed by atoms with Crippen LogP contribution in [0.1, 0.15) is 23.6 Å². The lowest BCUT2D eigenvalue weighted by atomic mass is 9.83. The van der Waals surface area contributed by atoms with Crippen molar-refractivity contribution in [1.82, 2.24) is 0 Å². The molecule has 0 unspecified atom stereocenters. The standard InChI is InChI=1S/C64H43N/c1-3-60-53-37-35-48(40-58(53)52-28-16-17-32-61(52)65(60)64(46-23-8-5-9-24-46)42(2)43-19-6-4-7-20-43)49-36-38-57-59(41-49)62(50-34-33-44-21-10-11-25-47(44)39-50)55-29-14-15-30-56(55)63(57)54-31-18-26-45-22-12-13-27-51(45)54/h4-41H,1H2,2H3/b64-42+. The molecular weight excluding hydrogens is 783 g/mol. The normalized spacial score (nSPS) is 12.6. The van der Waals surface area contributed by atoms with Crippen LogP contribution < -0.4 is 4.90 Å². The molecule has 0 spiro atoms. The number of rotatable bonds is 6. The topological polar surface area (TPSA) is 3.24 Å². The fraction of sp³-hybridized carbons (Fsp3) is 0.0156. The number of fused-ring (bicyclic) bond motifs is 7. The summed E-state index contributed by atoms with van der Waals surface area (Å²) < 4.78 is 0. The Morgan fingerprint density at radius 2 is 0.938 bits per heavy atom. The van der Waals surface area contributed by atoms with E-state index in [1.54, 1.807) is 0 Å². The molecule has 0 amide bonds. The molecule has 11 aromatic rings. The Labute approximate surface area is 379 Å². The summed E-state index contributed by atoms with van der Waals surface area (Å²) in [5.74, 6) is 0. The SMILES string of the molecule is C=C=C1c2ccc(-c3ccc4c(-c5cccc6ccccc56)c5ccccc5c(-c5ccc6ccccc6c5)c4c3)cc2-c2ccccc2N1/C(=C(\C)c1ccccc1)c1ccccc1. The van der Waals surface area contributed by atoms with E-state index < -0.39 is 0 Å². The summed E-state index contributed by atoms with van der Waals surface area (Å²) in [4.78, 5) is 2.37. The zero-order chi connectivity index (χ0) is 43.4. The van der Waals surface area contributed by atoms with Gasteiger partial charge in [-0.3, -0.25) is 0 Å². The fourth-order valence-electron chi connectivity index (χ4n) is 10.4. The summed E-state index contributed by atoms with van der Waals surface area (Å²) in [6.45, 7) is 6.56. The average molecular weight is 826 g/mol. The zero-order valence-electron chi connectivity index (χ0n) is 36.1. The summed E-state index contributed by atoms with van der Waals surface area (Å²) >= 11 is 0. The van der Waals surface area contributed by atoms with Gasteiger partial charge < -0.3 is 4.90 Å². The van der Waals surface area contributed by atoms with E-state index in [9.17, 15) is 0 Å². The van der Waals surface area contributed by atoms with Gasteiger partial charge in [0.15, 0.2) is 0 Å². The summed E-state index contributed by atoms with van der Waals surface area (Å²) in [6, 6.07) is 84.3. The van der Waals surface area contributed by atoms with Crippen LogP contribution in [0, 0.1) is 0 Å². The van der Waals surface area contributed by atoms with E-state index in [1.165, 1.54) is 82.0 Å². The third kappa shape index (κ3) is 6.33. The van der Waals surface area contributed by atoms with Crippen molar-refractivity contribution in [1.29, 1.82) is 0 Å². The predicted octanol–water partition coefficient (Wildman–Crippen LogP) is 17.5. The van der Waals surface area contributed by atoms with E-state index in [0.29, 0.717) is 0 Å². The van der Waals surface area contributed by atoms with Gasteiger partial charge in [-0.05, 0) is 130 Å². The molecule has 1 heteroatoms. The number of nitrogens with zero attached hydrogens (tertiary/aromatic N) is 1. The highest BCUT2D eigenvalue weighted by Gasteiger charge is 2.31. The maximum atomic E-state index is 4.34. The van der Waals surface area contributed by atoms with Gasteiger partial charge in [-0.25, -0.2) is 0 Å². The second-order valence-electron chi connectivity index (χ2n) is 17.0. The monoisotopic (exact) mass is 825 g/mol. The highest BCUT2D eigenvalue weighted by molar-refractivity contribution is 6.24. The third-order valence-electron chi connectivity index (χ3n) is 13.4. The first-order chi connectivity index (χ1) is 32.1. The molecule has 1 nitrogen and oxygen atoms in total. The van der Waals surface area contributed by atoms with E-state index in [2.05, 4.69) is 255 Å². The molecule has 0 radical (unpaired) electrons. The molecule has 12 rings (SSSR count). The van der Waals surface area contributed by atoms with Gasteiger partial charge >= 0.3 is 0 Å². The smallest absolute Gasteiger partial charge is 0.0964 e. The largest absolute Gasteiger partial charge is 0.302 e. The molecule has 0 saturated carbocycles. The molecule has 65 heavy (non-hydrogen) atoms. The average Bonchev–Trinajstić information content (AvgIpc) is 3.38. The third-order valence-corrected chi connectivity index (χ3v) is 13.4. The highest BCUT2D eigenvalue weighted by atomic mass is 15.2. The lowest BCUT2D eigenvalue weighted by molar-refractivity contribution is 1.27. The van der Waals surface area contributed by atoms with Gasteiger partial charge in [0, 0.05) is 11.1 Å². The van der Waals surface area contributed by atoms with Crippen LogP contribution in [-0.4, -0.2) is 0 Å². The van der Waals surface area contributed by atoms with Crippen molar-refractivity contribution in [2.75, 3.05) is 4.90 Å². The highest BCUT2D eigenvalue weighted by Crippen LogP contribution is 2.51. The number of anilines is 1. The van der Waals surface area contributed by atoms with Crippen LogP contribution in [0.2, 0.25) is 0 Å². The van der Waals surface area contributed by atoms with Gasteiger partial charge in [0.2, 0.25) is 0 Å². The van der Waals surface area contributed by atoms with Crippen LogP contribution in [0.3, 0.4) is 0 Å². The number of benzene rings is 11. The number of hydrogen-bond donors (Lipinski definition) is 0. The lowest BCUT2D eigenvalue weighted by Crippen LogP contribution is -2.24. The molecule has 1 heterocycles. The molecular formula is C64H43N. The van der Waals surface area contributed by atoms with Crippen LogP contribution in [0.4, 0.5) is 5.69 Å². The summed E-state index contributed by atoms with van der Waals surface area (Å²) in [5, 5.41) is 9.90. The van der Waals surface area contributed by atoms with E-state index in [0.717, 1.165) is 44.9 Å². The molecule has 1 aliphatic rings. The van der Waals surface area contributed by atoms with Crippen LogP contribution in [0.25, 0.3) is 105 Å². The zero-order valence-corrected chi connectivity index (χ0v) is 36.1. The van der Waals surface area contributed by atoms with Crippen molar-refractivity contribution in [2.24, 2.45) is 0 Å². The minimum absolute atomic E-state index is 0.933. The van der Waals surface area contributed by atoms with Crippen LogP contribution >= 0.6 is 0 Å². The van der Waals surface area contributed by atoms with E-state index in [4.69, 9.17) is 0 Å². The maximum absolute atomic E-state index is 4.34. The molecule has 0 aliphatic carbocycles. The second-order valence-corrected chi connectivity index (χ2v) is 17.0. The molecule has 0 fully saturated rings. The van der Waals surface area contributed by atoms with Crippen LogP contribution in [-0.2, 0) is 0 Å². The maximum Gasteiger partial charge on any atom is 0.0964 e.